The first-order chi connectivity index (χ1) is 21.4. The van der Waals surface area contributed by atoms with Crippen molar-refractivity contribution in [1.82, 2.24) is 4.90 Å². The number of carbonyl (C=O) groups excluding carboxylic acids is 4. The van der Waals surface area contributed by atoms with Crippen LogP contribution < -0.4 is 9.64 Å². The van der Waals surface area contributed by atoms with Crippen LogP contribution >= 0.6 is 39.1 Å². The van der Waals surface area contributed by atoms with Crippen LogP contribution in [0.25, 0.3) is 0 Å². The van der Waals surface area contributed by atoms with E-state index in [-0.39, 0.29) is 52.4 Å². The average Bonchev–Trinajstić information content (AvgIpc) is 3.37. The fraction of sp³-hybridized carbons (Fsp3) is 0.455. The van der Waals surface area contributed by atoms with Crippen molar-refractivity contribution < 1.29 is 33.4 Å². The summed E-state index contributed by atoms with van der Waals surface area (Å²) < 4.78 is 19.5. The third-order valence-electron chi connectivity index (χ3n) is 10.5. The number of phenolic OH excluding ortho intramolecular Hbond substituents is 1. The molecule has 0 unspecified atom stereocenters. The Morgan fingerprint density at radius 1 is 0.978 bits per heavy atom. The van der Waals surface area contributed by atoms with E-state index >= 15 is 0 Å². The molecule has 8 nitrogen and oxygen atoms in total. The summed E-state index contributed by atoms with van der Waals surface area (Å²) in [6.45, 7) is 0. The van der Waals surface area contributed by atoms with Gasteiger partial charge in [-0.05, 0) is 89.5 Å². The van der Waals surface area contributed by atoms with Gasteiger partial charge in [0.05, 0.1) is 29.1 Å². The first-order valence-corrected chi connectivity index (χ1v) is 16.6. The van der Waals surface area contributed by atoms with Crippen molar-refractivity contribution >= 4 is 68.4 Å². The molecule has 45 heavy (non-hydrogen) atoms. The third-order valence-corrected chi connectivity index (χ3v) is 12.5. The van der Waals surface area contributed by atoms with Gasteiger partial charge < -0.3 is 9.84 Å². The molecule has 2 aromatic rings. The molecule has 2 aromatic carbocycles. The van der Waals surface area contributed by atoms with E-state index < -0.39 is 51.1 Å². The maximum absolute atomic E-state index is 14.5. The fourth-order valence-corrected chi connectivity index (χ4v) is 9.81. The van der Waals surface area contributed by atoms with Crippen molar-refractivity contribution in [2.75, 3.05) is 12.0 Å². The molecule has 4 amide bonds. The van der Waals surface area contributed by atoms with Gasteiger partial charge in [-0.2, -0.15) is 0 Å². The standard InChI is InChI=1S/C33H30BrCl2FN2O6/c1-45-24-14-16(13-23(34)27(24)40)26-20-11-12-21-25(29(42)38(28(21)41)18-5-3-2-4-6-18)22(20)15-32(35)30(43)39(31(44)33(26,32)36)19-9-7-17(37)8-10-19/h7-11,13-14,18,21-22,25-26,40H,2-6,12,15H2,1H3/t21-,22+,25-,26-,32+,33-/m0/s1. The minimum Gasteiger partial charge on any atom is -0.503 e. The Morgan fingerprint density at radius 2 is 1.67 bits per heavy atom. The summed E-state index contributed by atoms with van der Waals surface area (Å²) >= 11 is 18.2. The number of hydrogen-bond donors (Lipinski definition) is 1. The first kappa shape index (κ1) is 30.7. The fourth-order valence-electron chi connectivity index (χ4n) is 8.41. The number of aromatic hydroxyl groups is 1. The van der Waals surface area contributed by atoms with Crippen LogP contribution in [-0.2, 0) is 19.2 Å². The third kappa shape index (κ3) is 4.20. The van der Waals surface area contributed by atoms with Crippen LogP contribution in [0.2, 0.25) is 0 Å². The van der Waals surface area contributed by atoms with E-state index in [9.17, 15) is 28.7 Å². The quantitative estimate of drug-likeness (QED) is 0.230. The van der Waals surface area contributed by atoms with Crippen molar-refractivity contribution in [3.63, 3.8) is 0 Å². The molecule has 0 spiro atoms. The van der Waals surface area contributed by atoms with Gasteiger partial charge in [-0.3, -0.25) is 24.1 Å². The van der Waals surface area contributed by atoms with Gasteiger partial charge in [0, 0.05) is 12.0 Å². The van der Waals surface area contributed by atoms with Crippen LogP contribution in [0.15, 0.2) is 52.5 Å². The zero-order valence-corrected chi connectivity index (χ0v) is 27.4. The number of benzene rings is 2. The van der Waals surface area contributed by atoms with Gasteiger partial charge >= 0.3 is 0 Å². The minimum atomic E-state index is -2.08. The predicted octanol–water partition coefficient (Wildman–Crippen LogP) is 6.20. The molecular weight excluding hydrogens is 690 g/mol. The number of allylic oxidation sites excluding steroid dienone is 2. The van der Waals surface area contributed by atoms with Gasteiger partial charge in [0.2, 0.25) is 11.8 Å². The van der Waals surface area contributed by atoms with Crippen LogP contribution in [0.1, 0.15) is 56.4 Å². The highest BCUT2D eigenvalue weighted by atomic mass is 79.9. The van der Waals surface area contributed by atoms with Crippen LogP contribution in [0.3, 0.4) is 0 Å². The lowest BCUT2D eigenvalue weighted by Crippen LogP contribution is -2.60. The molecule has 0 bridgehead atoms. The average molecular weight is 720 g/mol. The normalized spacial score (nSPS) is 33.2. The Kier molecular flexibility index (Phi) is 7.37. The number of hydrogen-bond acceptors (Lipinski definition) is 6. The molecule has 2 saturated carbocycles. The van der Waals surface area contributed by atoms with E-state index in [2.05, 4.69) is 15.9 Å². The van der Waals surface area contributed by atoms with Crippen LogP contribution in [-0.4, -0.2) is 56.5 Å². The number of methoxy groups -OCH3 is 1. The number of nitrogens with zero attached hydrogens (tertiary/aromatic N) is 2. The zero-order valence-electron chi connectivity index (χ0n) is 24.3. The van der Waals surface area contributed by atoms with E-state index in [0.717, 1.165) is 49.1 Å². The van der Waals surface area contributed by atoms with Crippen molar-refractivity contribution in [2.45, 2.75) is 66.7 Å². The van der Waals surface area contributed by atoms with Crippen molar-refractivity contribution in [2.24, 2.45) is 17.8 Å². The topological polar surface area (TPSA) is 104 Å². The molecule has 0 radical (unpaired) electrons. The number of halogens is 4. The Bertz CT molecular complexity index is 1680. The Hall–Kier alpha value is -2.95. The lowest BCUT2D eigenvalue weighted by molar-refractivity contribution is -0.143. The lowest BCUT2D eigenvalue weighted by atomic mass is 9.56. The number of amides is 4. The Morgan fingerprint density at radius 3 is 2.33 bits per heavy atom. The van der Waals surface area contributed by atoms with Crippen LogP contribution in [0, 0.1) is 23.6 Å². The molecule has 7 rings (SSSR count). The summed E-state index contributed by atoms with van der Waals surface area (Å²) in [4.78, 5) is 55.1. The number of likely N-dealkylation sites (tertiary alicyclic amines) is 1. The largest absolute Gasteiger partial charge is 0.503 e. The Labute approximate surface area is 277 Å². The van der Waals surface area contributed by atoms with Crippen molar-refractivity contribution in [1.29, 1.82) is 0 Å². The van der Waals surface area contributed by atoms with E-state index in [1.807, 2.05) is 6.08 Å². The van der Waals surface area contributed by atoms with E-state index in [1.165, 1.54) is 30.2 Å². The summed E-state index contributed by atoms with van der Waals surface area (Å²) in [6, 6.07) is 7.85. The molecule has 1 N–H and O–H groups in total. The van der Waals surface area contributed by atoms with Gasteiger partial charge in [-0.25, -0.2) is 9.29 Å². The van der Waals surface area contributed by atoms with Gasteiger partial charge in [0.1, 0.15) is 5.82 Å². The molecule has 5 aliphatic rings. The van der Waals surface area contributed by atoms with Gasteiger partial charge in [-0.1, -0.05) is 30.9 Å². The molecular formula is C33H30BrCl2FN2O6. The number of carbonyl (C=O) groups is 4. The highest BCUT2D eigenvalue weighted by Gasteiger charge is 2.76. The molecule has 3 aliphatic carbocycles. The number of rotatable bonds is 4. The lowest BCUT2D eigenvalue weighted by Gasteiger charge is -2.50. The predicted molar refractivity (Wildman–Crippen MR) is 168 cm³/mol. The zero-order chi connectivity index (χ0) is 32.0. The second kappa shape index (κ2) is 10.8. The molecule has 12 heteroatoms. The summed E-state index contributed by atoms with van der Waals surface area (Å²) in [5.74, 6) is -5.78. The second-order valence-corrected chi connectivity index (χ2v) is 14.7. The number of anilines is 1. The van der Waals surface area contributed by atoms with Crippen molar-refractivity contribution in [3.05, 3.63) is 63.9 Å². The monoisotopic (exact) mass is 718 g/mol. The highest BCUT2D eigenvalue weighted by Crippen LogP contribution is 2.66. The summed E-state index contributed by atoms with van der Waals surface area (Å²) in [5.41, 5.74) is 1.17. The smallest absolute Gasteiger partial charge is 0.258 e. The summed E-state index contributed by atoms with van der Waals surface area (Å²) in [5, 5.41) is 10.6. The molecule has 2 aliphatic heterocycles. The van der Waals surface area contributed by atoms with Gasteiger partial charge in [-0.15, -0.1) is 23.2 Å². The number of fused-ring (bicyclic) bond motifs is 4. The number of ether oxygens (including phenoxy) is 1. The molecule has 6 atom stereocenters. The summed E-state index contributed by atoms with van der Waals surface area (Å²) in [7, 11) is 1.38. The van der Waals surface area contributed by atoms with Crippen LogP contribution in [0.4, 0.5) is 10.1 Å². The van der Waals surface area contributed by atoms with Gasteiger partial charge in [0.25, 0.3) is 11.8 Å². The number of alkyl halides is 2. The van der Waals surface area contributed by atoms with E-state index in [1.54, 1.807) is 6.07 Å². The van der Waals surface area contributed by atoms with E-state index in [0.29, 0.717) is 11.1 Å². The van der Waals surface area contributed by atoms with Crippen molar-refractivity contribution in [3.8, 4) is 11.5 Å². The first-order valence-electron chi connectivity index (χ1n) is 15.1. The second-order valence-electron chi connectivity index (χ2n) is 12.6. The van der Waals surface area contributed by atoms with Crippen LogP contribution in [0.5, 0.6) is 11.5 Å². The molecule has 2 heterocycles. The molecule has 236 valence electrons. The summed E-state index contributed by atoms with van der Waals surface area (Å²) in [6.07, 6.45) is 6.46. The molecule has 0 aromatic heterocycles. The minimum absolute atomic E-state index is 0.0963. The molecule has 4 fully saturated rings. The maximum atomic E-state index is 14.5. The highest BCUT2D eigenvalue weighted by molar-refractivity contribution is 9.10. The van der Waals surface area contributed by atoms with E-state index in [4.69, 9.17) is 27.9 Å². The SMILES string of the molecule is COc1cc([C@H]2C3=CC[C@@H]4C(=O)N(C5CCCCC5)C(=O)[C@@H]4[C@@H]3C[C@@]3(Cl)C(=O)N(c4ccc(F)cc4)C(=O)[C@@]23Cl)cc(Br)c1O. The van der Waals surface area contributed by atoms with Gasteiger partial charge in [0.15, 0.2) is 21.2 Å². The maximum Gasteiger partial charge on any atom is 0.258 e. The number of imide groups is 2. The Balaban J connectivity index is 1.40. The number of phenols is 1. The molecule has 2 saturated heterocycles.